The number of nitrogens with one attached hydrogen (secondary N) is 1. The zero-order chi connectivity index (χ0) is 12.1. The lowest BCUT2D eigenvalue weighted by atomic mass is 10.0. The van der Waals surface area contributed by atoms with Gasteiger partial charge in [-0.1, -0.05) is 13.8 Å². The van der Waals surface area contributed by atoms with Crippen molar-refractivity contribution in [1.82, 2.24) is 5.32 Å². The number of carbonyl (C=O) groups excluding carboxylic acids is 1. The monoisotopic (exact) mass is 289 g/mol. The third-order valence-corrected chi connectivity index (χ3v) is 2.79. The molecule has 1 amide bonds. The minimum absolute atomic E-state index is 0.0562. The van der Waals surface area contributed by atoms with Crippen molar-refractivity contribution in [2.75, 3.05) is 6.61 Å². The molecule has 0 aliphatic heterocycles. The van der Waals surface area contributed by atoms with Crippen molar-refractivity contribution in [3.8, 4) is 0 Å². The summed E-state index contributed by atoms with van der Waals surface area (Å²) in [6, 6.07) is 1.37. The summed E-state index contributed by atoms with van der Waals surface area (Å²) in [5.74, 6) is 0.186. The molecule has 0 saturated heterocycles. The summed E-state index contributed by atoms with van der Waals surface area (Å²) < 4.78 is 5.38. The average molecular weight is 290 g/mol. The average Bonchev–Trinajstić information content (AvgIpc) is 2.62. The van der Waals surface area contributed by atoms with Crippen molar-refractivity contribution >= 4 is 21.8 Å². The van der Waals surface area contributed by atoms with E-state index in [4.69, 9.17) is 9.52 Å². The first-order valence-electron chi connectivity index (χ1n) is 5.19. The first-order valence-corrected chi connectivity index (χ1v) is 5.98. The highest BCUT2D eigenvalue weighted by molar-refractivity contribution is 9.10. The van der Waals surface area contributed by atoms with Crippen molar-refractivity contribution in [3.63, 3.8) is 0 Å². The maximum absolute atomic E-state index is 11.8. The Labute approximate surface area is 103 Å². The second kappa shape index (κ2) is 6.06. The van der Waals surface area contributed by atoms with Crippen molar-refractivity contribution in [3.05, 3.63) is 22.6 Å². The number of furan rings is 1. The van der Waals surface area contributed by atoms with E-state index in [1.54, 1.807) is 6.07 Å². The van der Waals surface area contributed by atoms with Gasteiger partial charge in [0.15, 0.2) is 4.67 Å². The van der Waals surface area contributed by atoms with E-state index in [1.165, 1.54) is 6.26 Å². The highest BCUT2D eigenvalue weighted by Crippen LogP contribution is 2.17. The van der Waals surface area contributed by atoms with Crippen molar-refractivity contribution in [2.24, 2.45) is 5.92 Å². The van der Waals surface area contributed by atoms with Crippen LogP contribution in [0.5, 0.6) is 0 Å². The maximum Gasteiger partial charge on any atom is 0.256 e. The van der Waals surface area contributed by atoms with Crippen LogP contribution in [-0.2, 0) is 0 Å². The van der Waals surface area contributed by atoms with Gasteiger partial charge in [0.25, 0.3) is 5.91 Å². The predicted molar refractivity (Wildman–Crippen MR) is 64.2 cm³/mol. The van der Waals surface area contributed by atoms with Crippen LogP contribution in [0.4, 0.5) is 0 Å². The van der Waals surface area contributed by atoms with E-state index in [9.17, 15) is 4.79 Å². The third kappa shape index (κ3) is 3.64. The zero-order valence-corrected chi connectivity index (χ0v) is 11.0. The zero-order valence-electron chi connectivity index (χ0n) is 9.37. The highest BCUT2D eigenvalue weighted by Gasteiger charge is 2.17. The number of hydrogen-bond acceptors (Lipinski definition) is 3. The van der Waals surface area contributed by atoms with Gasteiger partial charge in [-0.15, -0.1) is 0 Å². The van der Waals surface area contributed by atoms with Crippen LogP contribution in [0.3, 0.4) is 0 Å². The Bertz CT molecular complexity index is 349. The Balaban J connectivity index is 2.59. The molecule has 0 aliphatic rings. The summed E-state index contributed by atoms with van der Waals surface area (Å²) in [5, 5.41) is 11.9. The Morgan fingerprint density at radius 1 is 1.62 bits per heavy atom. The lowest BCUT2D eigenvalue weighted by Gasteiger charge is -2.17. The van der Waals surface area contributed by atoms with Gasteiger partial charge in [-0.3, -0.25) is 4.79 Å². The van der Waals surface area contributed by atoms with Gasteiger partial charge < -0.3 is 14.8 Å². The molecule has 1 aromatic heterocycles. The molecule has 2 N–H and O–H groups in total. The van der Waals surface area contributed by atoms with E-state index in [2.05, 4.69) is 21.2 Å². The molecular weight excluding hydrogens is 274 g/mol. The number of amides is 1. The second-order valence-electron chi connectivity index (χ2n) is 4.09. The van der Waals surface area contributed by atoms with Gasteiger partial charge in [-0.25, -0.2) is 0 Å². The number of halogens is 1. The van der Waals surface area contributed by atoms with E-state index in [0.717, 1.165) is 6.42 Å². The van der Waals surface area contributed by atoms with E-state index >= 15 is 0 Å². The summed E-state index contributed by atoms with van der Waals surface area (Å²) in [5.41, 5.74) is 0.446. The molecule has 0 fully saturated rings. The fourth-order valence-electron chi connectivity index (χ4n) is 1.47. The Morgan fingerprint density at radius 3 is 2.75 bits per heavy atom. The van der Waals surface area contributed by atoms with Crippen LogP contribution in [-0.4, -0.2) is 23.7 Å². The quantitative estimate of drug-likeness (QED) is 0.873. The number of aliphatic hydroxyl groups excluding tert-OH is 1. The molecule has 1 unspecified atom stereocenters. The van der Waals surface area contributed by atoms with Crippen LogP contribution in [0, 0.1) is 5.92 Å². The summed E-state index contributed by atoms with van der Waals surface area (Å²) in [6.07, 6.45) is 2.19. The summed E-state index contributed by atoms with van der Waals surface area (Å²) in [4.78, 5) is 11.8. The Hall–Kier alpha value is -0.810. The summed E-state index contributed by atoms with van der Waals surface area (Å²) in [7, 11) is 0. The predicted octanol–water partition coefficient (Wildman–Crippen LogP) is 2.18. The molecular formula is C11H16BrNO3. The van der Waals surface area contributed by atoms with Crippen LogP contribution < -0.4 is 5.32 Å². The van der Waals surface area contributed by atoms with Crippen molar-refractivity contribution in [2.45, 2.75) is 26.3 Å². The standard InChI is InChI=1S/C11H16BrNO3/c1-7(2)5-8(6-14)13-11(15)9-3-4-16-10(9)12/h3-4,7-8,14H,5-6H2,1-2H3,(H,13,15). The van der Waals surface area contributed by atoms with Crippen LogP contribution in [0.15, 0.2) is 21.4 Å². The number of rotatable bonds is 5. The van der Waals surface area contributed by atoms with E-state index in [0.29, 0.717) is 16.2 Å². The molecule has 0 saturated carbocycles. The van der Waals surface area contributed by atoms with Gasteiger partial charge in [-0.05, 0) is 34.3 Å². The molecule has 1 heterocycles. The highest BCUT2D eigenvalue weighted by atomic mass is 79.9. The molecule has 90 valence electrons. The molecule has 1 rings (SSSR count). The topological polar surface area (TPSA) is 62.5 Å². The molecule has 1 atom stereocenters. The van der Waals surface area contributed by atoms with Gasteiger partial charge in [0.05, 0.1) is 24.5 Å². The largest absolute Gasteiger partial charge is 0.457 e. The van der Waals surface area contributed by atoms with Gasteiger partial charge in [0.1, 0.15) is 0 Å². The van der Waals surface area contributed by atoms with Crippen molar-refractivity contribution < 1.29 is 14.3 Å². The molecule has 1 aromatic rings. The normalized spacial score (nSPS) is 12.8. The first kappa shape index (κ1) is 13.3. The Kier molecular flexibility index (Phi) is 5.02. The molecule has 0 aromatic carbocycles. The van der Waals surface area contributed by atoms with Gasteiger partial charge in [0.2, 0.25) is 0 Å². The fourth-order valence-corrected chi connectivity index (χ4v) is 1.89. The minimum atomic E-state index is -0.236. The lowest BCUT2D eigenvalue weighted by molar-refractivity contribution is 0.0906. The molecule has 4 nitrogen and oxygen atoms in total. The molecule has 0 spiro atoms. The van der Waals surface area contributed by atoms with Gasteiger partial charge >= 0.3 is 0 Å². The van der Waals surface area contributed by atoms with Crippen LogP contribution in [0.2, 0.25) is 0 Å². The Morgan fingerprint density at radius 2 is 2.31 bits per heavy atom. The fraction of sp³-hybridized carbons (Fsp3) is 0.545. The second-order valence-corrected chi connectivity index (χ2v) is 4.81. The minimum Gasteiger partial charge on any atom is -0.457 e. The molecule has 16 heavy (non-hydrogen) atoms. The smallest absolute Gasteiger partial charge is 0.256 e. The third-order valence-electron chi connectivity index (χ3n) is 2.17. The summed E-state index contributed by atoms with van der Waals surface area (Å²) >= 11 is 3.14. The van der Waals surface area contributed by atoms with Crippen molar-refractivity contribution in [1.29, 1.82) is 0 Å². The van der Waals surface area contributed by atoms with E-state index in [-0.39, 0.29) is 18.6 Å². The first-order chi connectivity index (χ1) is 7.54. The van der Waals surface area contributed by atoms with Crippen LogP contribution >= 0.6 is 15.9 Å². The lowest BCUT2D eigenvalue weighted by Crippen LogP contribution is -2.38. The van der Waals surface area contributed by atoms with Crippen LogP contribution in [0.25, 0.3) is 0 Å². The maximum atomic E-state index is 11.8. The summed E-state index contributed by atoms with van der Waals surface area (Å²) in [6.45, 7) is 4.03. The number of hydrogen-bond donors (Lipinski definition) is 2. The van der Waals surface area contributed by atoms with E-state index in [1.807, 2.05) is 13.8 Å². The molecule has 0 aliphatic carbocycles. The molecule has 0 radical (unpaired) electrons. The van der Waals surface area contributed by atoms with E-state index < -0.39 is 0 Å². The van der Waals surface area contributed by atoms with Crippen LogP contribution in [0.1, 0.15) is 30.6 Å². The SMILES string of the molecule is CC(C)CC(CO)NC(=O)c1ccoc1Br. The molecule has 5 heteroatoms. The number of aliphatic hydroxyl groups is 1. The number of carbonyl (C=O) groups is 1. The van der Waals surface area contributed by atoms with Gasteiger partial charge in [0, 0.05) is 0 Å². The molecule has 0 bridgehead atoms. The van der Waals surface area contributed by atoms with Gasteiger partial charge in [-0.2, -0.15) is 0 Å².